The molecule has 0 bridgehead atoms. The van der Waals surface area contributed by atoms with Gasteiger partial charge in [-0.15, -0.1) is 0 Å². The van der Waals surface area contributed by atoms with Crippen LogP contribution in [-0.2, 0) is 4.74 Å². The van der Waals surface area contributed by atoms with E-state index in [4.69, 9.17) is 29.4 Å². The van der Waals surface area contributed by atoms with E-state index in [-0.39, 0.29) is 36.3 Å². The van der Waals surface area contributed by atoms with Crippen molar-refractivity contribution in [2.75, 3.05) is 27.6 Å². The van der Waals surface area contributed by atoms with E-state index >= 15 is 0 Å². The van der Waals surface area contributed by atoms with Crippen molar-refractivity contribution in [1.29, 1.82) is 0 Å². The van der Waals surface area contributed by atoms with E-state index in [1.165, 1.54) is 14.2 Å². The van der Waals surface area contributed by atoms with Crippen molar-refractivity contribution < 1.29 is 33.9 Å². The normalized spacial score (nSPS) is 29.3. The van der Waals surface area contributed by atoms with Gasteiger partial charge in [0.25, 0.3) is 0 Å². The molecule has 0 saturated carbocycles. The predicted molar refractivity (Wildman–Crippen MR) is 101 cm³/mol. The minimum atomic E-state index is -0.958. The van der Waals surface area contributed by atoms with E-state index in [1.807, 2.05) is 12.1 Å². The van der Waals surface area contributed by atoms with Crippen molar-refractivity contribution in [3.05, 3.63) is 41.0 Å². The van der Waals surface area contributed by atoms with E-state index in [2.05, 4.69) is 0 Å². The lowest BCUT2D eigenvalue weighted by Crippen LogP contribution is -2.39. The molecule has 29 heavy (non-hydrogen) atoms. The smallest absolute Gasteiger partial charge is 0.231 e. The van der Waals surface area contributed by atoms with Gasteiger partial charge in [-0.25, -0.2) is 0 Å². The van der Waals surface area contributed by atoms with Crippen LogP contribution in [0.1, 0.15) is 28.7 Å². The number of aliphatic hydroxyl groups excluding tert-OH is 1. The zero-order chi connectivity index (χ0) is 20.3. The fourth-order valence-corrected chi connectivity index (χ4v) is 4.86. The Balaban J connectivity index is 1.74. The molecule has 1 unspecified atom stereocenters. The predicted octanol–water partition coefficient (Wildman–Crippen LogP) is 1.86. The van der Waals surface area contributed by atoms with Gasteiger partial charge in [-0.3, -0.25) is 0 Å². The lowest BCUT2D eigenvalue weighted by atomic mass is 9.65. The molecule has 0 aromatic heterocycles. The summed E-state index contributed by atoms with van der Waals surface area (Å²) in [6.07, 6.45) is -0.958. The molecule has 1 fully saturated rings. The third-order valence-corrected chi connectivity index (χ3v) is 6.26. The van der Waals surface area contributed by atoms with Crippen molar-refractivity contribution in [3.63, 3.8) is 0 Å². The maximum absolute atomic E-state index is 10.7. The second kappa shape index (κ2) is 6.69. The summed E-state index contributed by atoms with van der Waals surface area (Å²) in [4.78, 5) is 0. The van der Waals surface area contributed by atoms with Gasteiger partial charge in [0.2, 0.25) is 12.5 Å². The number of phenolic OH excluding ortho intramolecular Hbond substituents is 1. The summed E-state index contributed by atoms with van der Waals surface area (Å²) in [5.41, 5.74) is 9.28. The Labute approximate surface area is 167 Å². The molecule has 5 rings (SSSR count). The topological polar surface area (TPSA) is 113 Å². The third-order valence-electron chi connectivity index (χ3n) is 6.26. The van der Waals surface area contributed by atoms with E-state index < -0.39 is 6.29 Å². The Bertz CT molecular complexity index is 937. The number of hydrogen-bond acceptors (Lipinski definition) is 8. The molecule has 8 heteroatoms. The van der Waals surface area contributed by atoms with Crippen LogP contribution in [0.4, 0.5) is 0 Å². The summed E-state index contributed by atoms with van der Waals surface area (Å²) >= 11 is 0. The number of aliphatic hydroxyl groups is 1. The molecular weight excluding hydrogens is 378 g/mol. The summed E-state index contributed by atoms with van der Waals surface area (Å²) < 4.78 is 27.4. The minimum absolute atomic E-state index is 0.0723. The molecule has 1 saturated heterocycles. The highest BCUT2D eigenvalue weighted by atomic mass is 16.7. The molecule has 0 amide bonds. The fourth-order valence-electron chi connectivity index (χ4n) is 4.86. The van der Waals surface area contributed by atoms with E-state index in [0.29, 0.717) is 29.6 Å². The first-order valence-electron chi connectivity index (χ1n) is 9.47. The zero-order valence-electron chi connectivity index (χ0n) is 16.1. The summed E-state index contributed by atoms with van der Waals surface area (Å²) in [5.74, 6) is 1.22. The molecule has 0 spiro atoms. The highest BCUT2D eigenvalue weighted by molar-refractivity contribution is 5.59. The minimum Gasteiger partial charge on any atom is -0.502 e. The lowest BCUT2D eigenvalue weighted by molar-refractivity contribution is -0.0854. The standard InChI is InChI=1S/C21H23NO7/c1-25-15-3-9(4-16(26-2)20(15)23)17-10-5-13-14(29-8-28-13)6-11(10)19(22)12-7-27-21(24)18(12)17/h3-6,12,17-19,21,23-24H,7-8,22H2,1-2H3/t12-,17+,18-,19-,21?/m0/s1. The molecule has 2 aliphatic heterocycles. The number of phenols is 1. The number of hydrogen-bond donors (Lipinski definition) is 3. The van der Waals surface area contributed by atoms with Crippen LogP contribution in [0.25, 0.3) is 0 Å². The third kappa shape index (κ3) is 2.63. The van der Waals surface area contributed by atoms with Crippen LogP contribution >= 0.6 is 0 Å². The van der Waals surface area contributed by atoms with Gasteiger partial charge in [0.05, 0.1) is 20.8 Å². The van der Waals surface area contributed by atoms with Gasteiger partial charge in [0.15, 0.2) is 29.3 Å². The molecule has 2 heterocycles. The number of benzene rings is 2. The first-order valence-corrected chi connectivity index (χ1v) is 9.47. The monoisotopic (exact) mass is 401 g/mol. The second-order valence-corrected chi connectivity index (χ2v) is 7.58. The van der Waals surface area contributed by atoms with Gasteiger partial charge < -0.3 is 39.6 Å². The summed E-state index contributed by atoms with van der Waals surface area (Å²) in [6, 6.07) is 7.06. The molecule has 8 nitrogen and oxygen atoms in total. The van der Waals surface area contributed by atoms with E-state index in [0.717, 1.165) is 16.7 Å². The molecule has 0 radical (unpaired) electrons. The van der Waals surface area contributed by atoms with Crippen LogP contribution in [0, 0.1) is 11.8 Å². The Kier molecular flexibility index (Phi) is 4.23. The molecule has 3 aliphatic rings. The zero-order valence-corrected chi connectivity index (χ0v) is 16.1. The van der Waals surface area contributed by atoms with Gasteiger partial charge in [-0.1, -0.05) is 0 Å². The number of fused-ring (bicyclic) bond motifs is 3. The van der Waals surface area contributed by atoms with Gasteiger partial charge >= 0.3 is 0 Å². The Morgan fingerprint density at radius 3 is 2.24 bits per heavy atom. The average molecular weight is 401 g/mol. The number of nitrogens with two attached hydrogens (primary N) is 1. The first kappa shape index (κ1) is 18.4. The SMILES string of the molecule is COc1cc([C@@H]2c3cc4c(cc3[C@H](N)[C@H]3COC(O)[C@H]23)OCO4)cc(OC)c1O. The summed E-state index contributed by atoms with van der Waals surface area (Å²) in [7, 11) is 2.97. The number of aromatic hydroxyl groups is 1. The van der Waals surface area contributed by atoms with Gasteiger partial charge in [0.1, 0.15) is 0 Å². The van der Waals surface area contributed by atoms with Crippen LogP contribution in [0.5, 0.6) is 28.7 Å². The van der Waals surface area contributed by atoms with Crippen LogP contribution in [0.2, 0.25) is 0 Å². The molecule has 1 aliphatic carbocycles. The van der Waals surface area contributed by atoms with Crippen molar-refractivity contribution >= 4 is 0 Å². The maximum atomic E-state index is 10.7. The fraction of sp³-hybridized carbons (Fsp3) is 0.429. The maximum Gasteiger partial charge on any atom is 0.231 e. The largest absolute Gasteiger partial charge is 0.502 e. The van der Waals surface area contributed by atoms with E-state index in [1.54, 1.807) is 12.1 Å². The highest BCUT2D eigenvalue weighted by Crippen LogP contribution is 2.55. The lowest BCUT2D eigenvalue weighted by Gasteiger charge is -2.40. The van der Waals surface area contributed by atoms with Crippen LogP contribution < -0.4 is 24.7 Å². The Morgan fingerprint density at radius 1 is 1.00 bits per heavy atom. The highest BCUT2D eigenvalue weighted by Gasteiger charge is 2.50. The quantitative estimate of drug-likeness (QED) is 0.715. The summed E-state index contributed by atoms with van der Waals surface area (Å²) in [5, 5.41) is 21.0. The molecule has 2 aromatic rings. The van der Waals surface area contributed by atoms with Gasteiger partial charge in [-0.05, 0) is 41.0 Å². The molecule has 154 valence electrons. The number of rotatable bonds is 3. The van der Waals surface area contributed by atoms with Crippen LogP contribution in [0.3, 0.4) is 0 Å². The van der Waals surface area contributed by atoms with Gasteiger partial charge in [-0.2, -0.15) is 0 Å². The first-order chi connectivity index (χ1) is 14.0. The van der Waals surface area contributed by atoms with Crippen molar-refractivity contribution in [2.24, 2.45) is 17.6 Å². The van der Waals surface area contributed by atoms with E-state index in [9.17, 15) is 10.2 Å². The number of ether oxygens (including phenoxy) is 5. The molecule has 5 atom stereocenters. The van der Waals surface area contributed by atoms with Crippen molar-refractivity contribution in [3.8, 4) is 28.7 Å². The van der Waals surface area contributed by atoms with Crippen molar-refractivity contribution in [2.45, 2.75) is 18.2 Å². The number of methoxy groups -OCH3 is 2. The second-order valence-electron chi connectivity index (χ2n) is 7.58. The molecular formula is C21H23NO7. The Morgan fingerprint density at radius 2 is 1.62 bits per heavy atom. The molecule has 4 N–H and O–H groups in total. The molecule has 2 aromatic carbocycles. The van der Waals surface area contributed by atoms with Gasteiger partial charge in [0, 0.05) is 23.8 Å². The Hall–Kier alpha value is -2.68. The van der Waals surface area contributed by atoms with Crippen LogP contribution in [-0.4, -0.2) is 44.1 Å². The summed E-state index contributed by atoms with van der Waals surface area (Å²) in [6.45, 7) is 0.529. The van der Waals surface area contributed by atoms with Crippen LogP contribution in [0.15, 0.2) is 24.3 Å². The average Bonchev–Trinajstić information content (AvgIpc) is 3.34. The van der Waals surface area contributed by atoms with Crippen molar-refractivity contribution in [1.82, 2.24) is 0 Å².